The van der Waals surface area contributed by atoms with Crippen molar-refractivity contribution in [2.45, 2.75) is 70.1 Å². The summed E-state index contributed by atoms with van der Waals surface area (Å²) in [5.74, 6) is 0.383. The van der Waals surface area contributed by atoms with Gasteiger partial charge in [-0.15, -0.1) is 16.5 Å². The molecule has 9 nitrogen and oxygen atoms in total. The lowest BCUT2D eigenvalue weighted by molar-refractivity contribution is -0.955. The Bertz CT molecular complexity index is 546. The summed E-state index contributed by atoms with van der Waals surface area (Å²) >= 11 is 7.11. The number of hydrogen-bond acceptors (Lipinski definition) is 6. The molecule has 1 rings (SSSR count). The van der Waals surface area contributed by atoms with Crippen LogP contribution in [0.1, 0.15) is 47.0 Å². The van der Waals surface area contributed by atoms with Gasteiger partial charge in [0.1, 0.15) is 6.04 Å². The first-order chi connectivity index (χ1) is 13.0. The van der Waals surface area contributed by atoms with E-state index in [2.05, 4.69) is 15.9 Å². The quantitative estimate of drug-likeness (QED) is 0.217. The largest absolute Gasteiger partial charge is 0.634 e. The number of piperidine rings is 1. The third kappa shape index (κ3) is 6.75. The summed E-state index contributed by atoms with van der Waals surface area (Å²) in [5.41, 5.74) is -1.06. The van der Waals surface area contributed by atoms with Gasteiger partial charge in [-0.25, -0.2) is 4.79 Å². The Balaban J connectivity index is 2.84. The van der Waals surface area contributed by atoms with Crippen LogP contribution in [-0.4, -0.2) is 64.5 Å². The lowest BCUT2D eigenvalue weighted by Gasteiger charge is -2.54. The predicted octanol–water partition coefficient (Wildman–Crippen LogP) is 1.26. The summed E-state index contributed by atoms with van der Waals surface area (Å²) in [6, 6.07) is -1.73. The summed E-state index contributed by atoms with van der Waals surface area (Å²) in [7, 11) is 0. The average Bonchev–Trinajstić information content (AvgIpc) is 2.60. The molecule has 3 amide bonds. The molecule has 0 aromatic rings. The van der Waals surface area contributed by atoms with Gasteiger partial charge in [-0.3, -0.25) is 4.79 Å². The second-order valence-electron chi connectivity index (χ2n) is 8.39. The number of nitrogens with zero attached hydrogens (tertiary/aromatic N) is 2. The van der Waals surface area contributed by atoms with Crippen LogP contribution < -0.4 is 15.7 Å². The van der Waals surface area contributed by atoms with E-state index in [0.717, 1.165) is 0 Å². The fraction of sp³-hybridized carbons (Fsp3) is 0.882. The van der Waals surface area contributed by atoms with Gasteiger partial charge in [-0.05, 0) is 46.1 Å². The van der Waals surface area contributed by atoms with Crippen molar-refractivity contribution < 1.29 is 14.7 Å². The molecule has 1 atom stereocenters. The van der Waals surface area contributed by atoms with E-state index in [-0.39, 0.29) is 29.4 Å². The number of alkyl halides is 1. The molecule has 0 bridgehead atoms. The first-order valence-corrected chi connectivity index (χ1v) is 11.2. The van der Waals surface area contributed by atoms with Crippen molar-refractivity contribution in [2.75, 3.05) is 24.4 Å². The first-order valence-electron chi connectivity index (χ1n) is 9.30. The molecule has 1 aliphatic rings. The highest BCUT2D eigenvalue weighted by Crippen LogP contribution is 2.23. The van der Waals surface area contributed by atoms with E-state index in [4.69, 9.17) is 11.6 Å². The Hall–Kier alpha value is -1.10. The van der Waals surface area contributed by atoms with E-state index in [0.29, 0.717) is 30.0 Å². The molecule has 0 radical (unpaired) electrons. The van der Waals surface area contributed by atoms with Crippen LogP contribution in [0.3, 0.4) is 0 Å². The molecule has 0 spiro atoms. The van der Waals surface area contributed by atoms with Crippen LogP contribution in [0.15, 0.2) is 5.29 Å². The number of amides is 3. The van der Waals surface area contributed by atoms with Gasteiger partial charge in [0.05, 0.1) is 22.9 Å². The predicted molar refractivity (Wildman–Crippen MR) is 112 cm³/mol. The molecule has 0 aromatic heterocycles. The van der Waals surface area contributed by atoms with Crippen molar-refractivity contribution in [2.24, 2.45) is 5.29 Å². The number of nitrogens with one attached hydrogen (secondary N) is 3. The molecule has 1 aliphatic heterocycles. The van der Waals surface area contributed by atoms with E-state index in [9.17, 15) is 19.7 Å². The molecule has 1 fully saturated rings. The maximum atomic E-state index is 12.9. The molecular weight excluding hydrogens is 406 g/mol. The average molecular weight is 438 g/mol. The molecule has 3 N–H and O–H groups in total. The summed E-state index contributed by atoms with van der Waals surface area (Å²) in [5, 5.41) is 21.6. The Morgan fingerprint density at radius 2 is 1.89 bits per heavy atom. The van der Waals surface area contributed by atoms with Crippen molar-refractivity contribution >= 4 is 35.3 Å². The minimum Gasteiger partial charge on any atom is -0.634 e. The van der Waals surface area contributed by atoms with Crippen molar-refractivity contribution in [3.05, 3.63) is 10.1 Å². The van der Waals surface area contributed by atoms with Gasteiger partial charge in [-0.1, -0.05) is 0 Å². The van der Waals surface area contributed by atoms with Crippen molar-refractivity contribution in [1.29, 1.82) is 0 Å². The van der Waals surface area contributed by atoms with Crippen molar-refractivity contribution in [1.82, 2.24) is 15.6 Å². The lowest BCUT2D eigenvalue weighted by Crippen LogP contribution is -3.23. The molecule has 1 heterocycles. The SMILES string of the molecule is CSCCC(NC(=O)N(CCCl)N=O)C(=O)NC1CC(C)(C)[NH+]([O-])C(C)(C)C1. The van der Waals surface area contributed by atoms with E-state index < -0.39 is 23.2 Å². The molecular formula is C17H32ClN5O4S. The third-order valence-corrected chi connectivity index (χ3v) is 5.76. The Kier molecular flexibility index (Phi) is 9.45. The van der Waals surface area contributed by atoms with Gasteiger partial charge in [-0.2, -0.15) is 16.8 Å². The first kappa shape index (κ1) is 24.9. The second kappa shape index (κ2) is 10.6. The van der Waals surface area contributed by atoms with Gasteiger partial charge in [0, 0.05) is 24.8 Å². The maximum Gasteiger partial charge on any atom is 0.341 e. The number of thioether (sulfide) groups is 1. The van der Waals surface area contributed by atoms with Crippen LogP contribution >= 0.6 is 23.4 Å². The van der Waals surface area contributed by atoms with E-state index >= 15 is 0 Å². The summed E-state index contributed by atoms with van der Waals surface area (Å²) < 4.78 is 0. The van der Waals surface area contributed by atoms with Crippen LogP contribution in [0.2, 0.25) is 0 Å². The minimum atomic E-state index is -0.802. The molecule has 0 saturated carbocycles. The smallest absolute Gasteiger partial charge is 0.341 e. The van der Waals surface area contributed by atoms with Crippen molar-refractivity contribution in [3.8, 4) is 0 Å². The Labute approximate surface area is 175 Å². The number of rotatable bonds is 9. The van der Waals surface area contributed by atoms with E-state index in [1.165, 1.54) is 0 Å². The molecule has 162 valence electrons. The molecule has 1 saturated heterocycles. The number of nitroso groups, excluding NO2 is 1. The van der Waals surface area contributed by atoms with Crippen LogP contribution in [0, 0.1) is 10.1 Å². The zero-order valence-corrected chi connectivity index (χ0v) is 18.8. The highest BCUT2D eigenvalue weighted by atomic mass is 35.5. The number of urea groups is 1. The topological polar surface area (TPSA) is 118 Å². The Morgan fingerprint density at radius 3 is 2.36 bits per heavy atom. The minimum absolute atomic E-state index is 0.0408. The van der Waals surface area contributed by atoms with E-state index in [1.807, 2.05) is 34.0 Å². The molecule has 0 aromatic carbocycles. The molecule has 28 heavy (non-hydrogen) atoms. The summed E-state index contributed by atoms with van der Waals surface area (Å²) in [6.45, 7) is 7.52. The number of carbonyl (C=O) groups excluding carboxylic acids is 2. The fourth-order valence-electron chi connectivity index (χ4n) is 3.80. The number of hydrogen-bond donors (Lipinski definition) is 3. The zero-order chi connectivity index (χ0) is 21.5. The monoisotopic (exact) mass is 437 g/mol. The lowest BCUT2D eigenvalue weighted by atomic mass is 9.79. The molecule has 1 unspecified atom stereocenters. The summed E-state index contributed by atoms with van der Waals surface area (Å²) in [6.07, 6.45) is 3.39. The number of quaternary nitrogens is 1. The highest BCUT2D eigenvalue weighted by Gasteiger charge is 2.45. The normalized spacial score (nSPS) is 24.1. The van der Waals surface area contributed by atoms with Crippen molar-refractivity contribution in [3.63, 3.8) is 0 Å². The molecule has 11 heteroatoms. The third-order valence-electron chi connectivity index (χ3n) is 4.94. The zero-order valence-electron chi connectivity index (χ0n) is 17.2. The van der Waals surface area contributed by atoms with Gasteiger partial charge in [0.2, 0.25) is 5.91 Å². The maximum absolute atomic E-state index is 12.9. The van der Waals surface area contributed by atoms with Gasteiger partial charge >= 0.3 is 6.03 Å². The van der Waals surface area contributed by atoms with Crippen LogP contribution in [-0.2, 0) is 4.79 Å². The number of carbonyl (C=O) groups is 2. The van der Waals surface area contributed by atoms with Crippen LogP contribution in [0.5, 0.6) is 0 Å². The number of halogens is 1. The highest BCUT2D eigenvalue weighted by molar-refractivity contribution is 7.98. The van der Waals surface area contributed by atoms with E-state index in [1.54, 1.807) is 11.8 Å². The second-order valence-corrected chi connectivity index (χ2v) is 9.75. The van der Waals surface area contributed by atoms with Gasteiger partial charge in [0.15, 0.2) is 0 Å². The van der Waals surface area contributed by atoms with Gasteiger partial charge in [0.25, 0.3) is 0 Å². The fourth-order valence-corrected chi connectivity index (χ4v) is 4.43. The van der Waals surface area contributed by atoms with Crippen LogP contribution in [0.4, 0.5) is 4.79 Å². The summed E-state index contributed by atoms with van der Waals surface area (Å²) in [4.78, 5) is 35.9. The Morgan fingerprint density at radius 1 is 1.32 bits per heavy atom. The standard InChI is InChI=1S/C17H32ClN5O4S/c1-16(2)10-12(11-17(3,4)23(16)27)19-14(24)13(6-9-28-5)20-15(25)22(21-26)8-7-18/h12-13,23H,6-11H2,1-5H3,(H,19,24)(H,20,25). The van der Waals surface area contributed by atoms with Crippen LogP contribution in [0.25, 0.3) is 0 Å². The number of hydroxylamine groups is 2. The van der Waals surface area contributed by atoms with Gasteiger partial charge < -0.3 is 20.9 Å². The molecule has 0 aliphatic carbocycles.